The number of anilines is 1. The molecule has 1 aliphatic rings. The van der Waals surface area contributed by atoms with Crippen molar-refractivity contribution in [3.05, 3.63) is 58.3 Å². The minimum absolute atomic E-state index is 0.284. The maximum absolute atomic E-state index is 13.0. The summed E-state index contributed by atoms with van der Waals surface area (Å²) in [6.07, 6.45) is -5.22. The Kier molecular flexibility index (Phi) is 8.25. The number of rotatable bonds is 7. The van der Waals surface area contributed by atoms with Gasteiger partial charge in [-0.2, -0.15) is 5.26 Å². The van der Waals surface area contributed by atoms with Crippen molar-refractivity contribution in [1.29, 1.82) is 5.26 Å². The van der Waals surface area contributed by atoms with Crippen molar-refractivity contribution >= 4 is 43.4 Å². The molecule has 1 aliphatic heterocycles. The number of aliphatic hydroxyl groups excluding tert-OH is 3. The Morgan fingerprint density at radius 2 is 1.76 bits per heavy atom. The van der Waals surface area contributed by atoms with Gasteiger partial charge in [0.2, 0.25) is 0 Å². The molecule has 3 aromatic rings. The van der Waals surface area contributed by atoms with Crippen LogP contribution >= 0.6 is 11.3 Å². The van der Waals surface area contributed by atoms with E-state index in [0.717, 1.165) is 26.9 Å². The lowest BCUT2D eigenvalue weighted by atomic mass is 9.92. The molecule has 0 saturated carbocycles. The molecule has 5 atom stereocenters. The summed E-state index contributed by atoms with van der Waals surface area (Å²) >= 11 is 1.38. The lowest BCUT2D eigenvalue weighted by Gasteiger charge is -2.39. The van der Waals surface area contributed by atoms with Gasteiger partial charge in [-0.05, 0) is 59.2 Å². The lowest BCUT2D eigenvalue weighted by molar-refractivity contribution is -0.257. The van der Waals surface area contributed by atoms with Gasteiger partial charge in [0.1, 0.15) is 18.3 Å². The molecule has 4 rings (SSSR count). The smallest absolute Gasteiger partial charge is 0.251 e. The monoisotopic (exact) mass is 557 g/mol. The number of nitrogens with zero attached hydrogens (tertiary/aromatic N) is 2. The fourth-order valence-electron chi connectivity index (χ4n) is 4.33. The Morgan fingerprint density at radius 3 is 2.45 bits per heavy atom. The summed E-state index contributed by atoms with van der Waals surface area (Å²) in [5.41, 5.74) is 2.37. The van der Waals surface area contributed by atoms with E-state index in [1.807, 2.05) is 37.2 Å². The Labute approximate surface area is 226 Å². The molecule has 9 nitrogen and oxygen atoms in total. The first-order valence-corrected chi connectivity index (χ1v) is 14.3. The van der Waals surface area contributed by atoms with Crippen molar-refractivity contribution < 1.29 is 28.5 Å². The number of thiophene rings is 1. The number of hydrogen-bond acceptors (Lipinski definition) is 9. The highest BCUT2D eigenvalue weighted by atomic mass is 32.2. The first-order valence-electron chi connectivity index (χ1n) is 12.0. The molecule has 2 heterocycles. The quantitative estimate of drug-likeness (QED) is 0.325. The van der Waals surface area contributed by atoms with Gasteiger partial charge in [-0.25, -0.2) is 13.1 Å². The van der Waals surface area contributed by atoms with Gasteiger partial charge in [0.05, 0.1) is 6.10 Å². The van der Waals surface area contributed by atoms with Crippen LogP contribution < -0.4 is 9.62 Å². The Bertz CT molecular complexity index is 1510. The van der Waals surface area contributed by atoms with E-state index in [2.05, 4.69) is 29.0 Å². The van der Waals surface area contributed by atoms with Crippen LogP contribution in [0.4, 0.5) is 5.69 Å². The van der Waals surface area contributed by atoms with E-state index in [0.29, 0.717) is 4.88 Å². The van der Waals surface area contributed by atoms with Gasteiger partial charge in [-0.15, -0.1) is 11.3 Å². The molecule has 0 radical (unpaired) electrons. The third-order valence-corrected chi connectivity index (χ3v) is 9.55. The summed E-state index contributed by atoms with van der Waals surface area (Å²) in [5.74, 6) is -0.735. The lowest BCUT2D eigenvalue weighted by Crippen LogP contribution is -2.56. The maximum atomic E-state index is 13.0. The molecule has 0 amide bonds. The van der Waals surface area contributed by atoms with Gasteiger partial charge in [0.15, 0.2) is 11.2 Å². The molecule has 0 bridgehead atoms. The number of benzene rings is 2. The molecule has 1 unspecified atom stereocenters. The molecule has 4 N–H and O–H groups in total. The highest BCUT2D eigenvalue weighted by molar-refractivity contribution is 7.93. The number of hydrogen-bond donors (Lipinski definition) is 4. The first-order chi connectivity index (χ1) is 17.9. The molecular weight excluding hydrogens is 526 g/mol. The van der Waals surface area contributed by atoms with Crippen molar-refractivity contribution in [2.75, 3.05) is 25.5 Å². The van der Waals surface area contributed by atoms with Crippen molar-refractivity contribution in [1.82, 2.24) is 4.72 Å². The molecular formula is C27H31N3O6S2. The van der Waals surface area contributed by atoms with Crippen molar-refractivity contribution in [2.24, 2.45) is 5.92 Å². The van der Waals surface area contributed by atoms with Gasteiger partial charge >= 0.3 is 0 Å². The van der Waals surface area contributed by atoms with Gasteiger partial charge in [0, 0.05) is 42.0 Å². The molecule has 1 fully saturated rings. The molecule has 0 spiro atoms. The first kappa shape index (κ1) is 28.2. The molecule has 2 aromatic carbocycles. The zero-order valence-electron chi connectivity index (χ0n) is 21.5. The summed E-state index contributed by atoms with van der Waals surface area (Å²) in [4.78, 5) is 3.14. The fourth-order valence-corrected chi connectivity index (χ4v) is 6.57. The Hall–Kier alpha value is -2.82. The van der Waals surface area contributed by atoms with Crippen LogP contribution in [0.15, 0.2) is 53.4 Å². The molecule has 1 saturated heterocycles. The van der Waals surface area contributed by atoms with Crippen LogP contribution in [0.2, 0.25) is 0 Å². The van der Waals surface area contributed by atoms with Crippen LogP contribution in [0.1, 0.15) is 18.7 Å². The van der Waals surface area contributed by atoms with E-state index < -0.39 is 52.0 Å². The van der Waals surface area contributed by atoms with E-state index in [-0.39, 0.29) is 5.57 Å². The van der Waals surface area contributed by atoms with E-state index in [4.69, 9.17) is 4.74 Å². The van der Waals surface area contributed by atoms with Gasteiger partial charge in [-0.3, -0.25) is 0 Å². The normalized spacial score (nSPS) is 24.6. The molecule has 1 aromatic heterocycles. The second-order valence-corrected chi connectivity index (χ2v) is 12.4. The summed E-state index contributed by atoms with van der Waals surface area (Å²) in [7, 11) is -0.285. The second-order valence-electron chi connectivity index (χ2n) is 9.63. The number of sulfonamides is 1. The number of ether oxygens (including phenoxy) is 1. The van der Waals surface area contributed by atoms with Crippen molar-refractivity contribution in [3.63, 3.8) is 0 Å². The predicted octanol–water partition coefficient (Wildman–Crippen LogP) is 2.88. The third-order valence-electron chi connectivity index (χ3n) is 6.82. The molecule has 38 heavy (non-hydrogen) atoms. The summed E-state index contributed by atoms with van der Waals surface area (Å²) in [6, 6.07) is 17.8. The number of allylic oxidation sites excluding steroid dienone is 2. The van der Waals surface area contributed by atoms with Crippen LogP contribution in [-0.4, -0.2) is 69.0 Å². The Morgan fingerprint density at radius 1 is 1.08 bits per heavy atom. The van der Waals surface area contributed by atoms with Crippen LogP contribution in [-0.2, 0) is 14.8 Å². The van der Waals surface area contributed by atoms with Crippen molar-refractivity contribution in [3.8, 4) is 16.5 Å². The fraction of sp³-hybridized carbons (Fsp3) is 0.370. The number of nitrogens with one attached hydrogen (secondary N) is 1. The summed E-state index contributed by atoms with van der Waals surface area (Å²) in [6.45, 7) is 2.65. The third kappa shape index (κ3) is 5.62. The van der Waals surface area contributed by atoms with Gasteiger partial charge in [-0.1, -0.05) is 25.1 Å². The summed E-state index contributed by atoms with van der Waals surface area (Å²) in [5, 5.41) is 42.1. The number of fused-ring (bicyclic) bond motifs is 1. The van der Waals surface area contributed by atoms with E-state index in [1.165, 1.54) is 18.3 Å². The summed E-state index contributed by atoms with van der Waals surface area (Å²) < 4.78 is 33.5. The number of aliphatic hydroxyl groups is 3. The van der Waals surface area contributed by atoms with Crippen molar-refractivity contribution in [2.45, 2.75) is 38.4 Å². The minimum Gasteiger partial charge on any atom is -0.390 e. The highest BCUT2D eigenvalue weighted by Crippen LogP contribution is 2.35. The maximum Gasteiger partial charge on any atom is 0.251 e. The zero-order valence-corrected chi connectivity index (χ0v) is 23.1. The predicted molar refractivity (Wildman–Crippen MR) is 149 cm³/mol. The van der Waals surface area contributed by atoms with Crippen LogP contribution in [0, 0.1) is 17.2 Å². The average molecular weight is 558 g/mol. The molecule has 0 aliphatic carbocycles. The standard InChI is InChI=1S/C27H31N3O6S2/c1-15(24(13-28)38(34,35)29-14-21-26(32)25(31)16(2)27(33)36-21)22-9-10-23(37-22)19-6-5-18-12-20(30(3)4)8-7-17(18)11-19/h5-12,16,21,25-27,29,31-33H,14H2,1-4H3/b24-15+/t16-,21-,25-,26-,27?/m1/s1. The SMILES string of the molecule is C/C(=C(/C#N)S(=O)(=O)NC[C@H]1OC(O)[C@H](C)[C@@H](O)[C@@H]1O)c1ccc(-c2ccc3cc(N(C)C)ccc3c2)s1. The minimum atomic E-state index is -4.27. The van der Waals surface area contributed by atoms with Crippen LogP contribution in [0.25, 0.3) is 26.8 Å². The zero-order chi connectivity index (χ0) is 27.8. The Balaban J connectivity index is 1.55. The van der Waals surface area contributed by atoms with E-state index in [1.54, 1.807) is 19.1 Å². The second kappa shape index (κ2) is 11.1. The number of nitriles is 1. The van der Waals surface area contributed by atoms with E-state index >= 15 is 0 Å². The largest absolute Gasteiger partial charge is 0.390 e. The van der Waals surface area contributed by atoms with E-state index in [9.17, 15) is 29.0 Å². The van der Waals surface area contributed by atoms with Crippen LogP contribution in [0.5, 0.6) is 0 Å². The highest BCUT2D eigenvalue weighted by Gasteiger charge is 2.41. The molecule has 202 valence electrons. The van der Waals surface area contributed by atoms with Gasteiger partial charge < -0.3 is 25.0 Å². The average Bonchev–Trinajstić information content (AvgIpc) is 3.39. The molecule has 11 heteroatoms. The van der Waals surface area contributed by atoms with Crippen LogP contribution in [0.3, 0.4) is 0 Å². The van der Waals surface area contributed by atoms with Gasteiger partial charge in [0.25, 0.3) is 10.0 Å². The topological polar surface area (TPSA) is 143 Å².